The molecule has 0 atom stereocenters. The predicted molar refractivity (Wildman–Crippen MR) is 41.2 cm³/mol. The van der Waals surface area contributed by atoms with Crippen LogP contribution < -0.4 is 0 Å². The van der Waals surface area contributed by atoms with Gasteiger partial charge in [0.1, 0.15) is 0 Å². The minimum absolute atomic E-state index is 0.610. The molecular formula is C8H9NO2. The molecular weight excluding hydrogens is 142 g/mol. The number of carboxylic acids is 1. The fraction of sp³-hybridized carbons (Fsp3) is 0.125. The minimum atomic E-state index is -0.905. The normalized spacial score (nSPS) is 10.5. The maximum absolute atomic E-state index is 10.0. The highest BCUT2D eigenvalue weighted by atomic mass is 16.4. The lowest BCUT2D eigenvalue weighted by atomic mass is 10.5. The highest BCUT2D eigenvalue weighted by molar-refractivity contribution is 5.79. The molecule has 58 valence electrons. The van der Waals surface area contributed by atoms with Gasteiger partial charge < -0.3 is 9.67 Å². The van der Waals surface area contributed by atoms with Gasteiger partial charge in [-0.05, 0) is 12.1 Å². The van der Waals surface area contributed by atoms with Crippen molar-refractivity contribution in [2.75, 3.05) is 0 Å². The molecule has 1 aromatic rings. The van der Waals surface area contributed by atoms with E-state index in [1.807, 2.05) is 29.1 Å². The number of aromatic nitrogens is 1. The van der Waals surface area contributed by atoms with Crippen LogP contribution in [0.3, 0.4) is 0 Å². The molecule has 0 saturated carbocycles. The van der Waals surface area contributed by atoms with Crippen LogP contribution in [-0.4, -0.2) is 15.6 Å². The first-order valence-corrected chi connectivity index (χ1v) is 3.29. The van der Waals surface area contributed by atoms with Gasteiger partial charge in [-0.2, -0.15) is 0 Å². The van der Waals surface area contributed by atoms with E-state index in [-0.39, 0.29) is 0 Å². The molecule has 0 saturated heterocycles. The summed E-state index contributed by atoms with van der Waals surface area (Å²) in [5.41, 5.74) is 0. The Kier molecular flexibility index (Phi) is 2.49. The highest BCUT2D eigenvalue weighted by Crippen LogP contribution is 1.89. The van der Waals surface area contributed by atoms with Crippen LogP contribution in [0.15, 0.2) is 36.7 Å². The van der Waals surface area contributed by atoms with Gasteiger partial charge in [0.05, 0.1) is 0 Å². The SMILES string of the molecule is O=C(O)/C=C/Cn1cccc1. The first-order chi connectivity index (χ1) is 5.29. The van der Waals surface area contributed by atoms with Gasteiger partial charge in [0.2, 0.25) is 0 Å². The van der Waals surface area contributed by atoms with E-state index < -0.39 is 5.97 Å². The van der Waals surface area contributed by atoms with Gasteiger partial charge in [-0.15, -0.1) is 0 Å². The second-order valence-corrected chi connectivity index (χ2v) is 2.12. The van der Waals surface area contributed by atoms with Crippen molar-refractivity contribution in [3.63, 3.8) is 0 Å². The summed E-state index contributed by atoms with van der Waals surface area (Å²) in [6, 6.07) is 3.79. The van der Waals surface area contributed by atoms with Gasteiger partial charge >= 0.3 is 5.97 Å². The fourth-order valence-electron chi connectivity index (χ4n) is 0.767. The Morgan fingerprint density at radius 3 is 2.64 bits per heavy atom. The third kappa shape index (κ3) is 2.71. The molecule has 0 amide bonds. The molecule has 0 aromatic carbocycles. The fourth-order valence-corrected chi connectivity index (χ4v) is 0.767. The average molecular weight is 151 g/mol. The number of carboxylic acid groups (broad SMARTS) is 1. The van der Waals surface area contributed by atoms with Crippen LogP contribution >= 0.6 is 0 Å². The average Bonchev–Trinajstić information content (AvgIpc) is 2.39. The number of nitrogens with zero attached hydrogens (tertiary/aromatic N) is 1. The lowest BCUT2D eigenvalue weighted by Crippen LogP contribution is -1.92. The standard InChI is InChI=1S/C8H9NO2/c10-8(11)4-3-7-9-5-1-2-6-9/h1-6H,7H2,(H,10,11)/b4-3+. The minimum Gasteiger partial charge on any atom is -0.478 e. The largest absolute Gasteiger partial charge is 0.478 e. The van der Waals surface area contributed by atoms with E-state index in [2.05, 4.69) is 0 Å². The van der Waals surface area contributed by atoms with Crippen molar-refractivity contribution in [2.45, 2.75) is 6.54 Å². The second-order valence-electron chi connectivity index (χ2n) is 2.12. The highest BCUT2D eigenvalue weighted by Gasteiger charge is 1.85. The van der Waals surface area contributed by atoms with Gasteiger partial charge in [-0.3, -0.25) is 0 Å². The van der Waals surface area contributed by atoms with Crippen LogP contribution in [0.25, 0.3) is 0 Å². The van der Waals surface area contributed by atoms with Crippen LogP contribution in [0, 0.1) is 0 Å². The maximum Gasteiger partial charge on any atom is 0.328 e. The van der Waals surface area contributed by atoms with Crippen LogP contribution in [-0.2, 0) is 11.3 Å². The number of hydrogen-bond donors (Lipinski definition) is 1. The quantitative estimate of drug-likeness (QED) is 0.658. The Labute approximate surface area is 64.6 Å². The molecule has 1 heterocycles. The molecule has 0 aliphatic rings. The first kappa shape index (κ1) is 7.60. The molecule has 0 aliphatic heterocycles. The van der Waals surface area contributed by atoms with E-state index in [1.54, 1.807) is 6.08 Å². The van der Waals surface area contributed by atoms with Gasteiger partial charge in [0.25, 0.3) is 0 Å². The molecule has 0 spiro atoms. The summed E-state index contributed by atoms with van der Waals surface area (Å²) in [5.74, 6) is -0.905. The maximum atomic E-state index is 10.0. The van der Waals surface area contributed by atoms with E-state index in [4.69, 9.17) is 5.11 Å². The zero-order chi connectivity index (χ0) is 8.10. The van der Waals surface area contributed by atoms with Crippen molar-refractivity contribution < 1.29 is 9.90 Å². The zero-order valence-corrected chi connectivity index (χ0v) is 5.97. The van der Waals surface area contributed by atoms with Crippen LogP contribution in [0.4, 0.5) is 0 Å². The summed E-state index contributed by atoms with van der Waals surface area (Å²) in [7, 11) is 0. The van der Waals surface area contributed by atoms with Gasteiger partial charge in [-0.1, -0.05) is 6.08 Å². The Balaban J connectivity index is 2.40. The zero-order valence-electron chi connectivity index (χ0n) is 5.97. The molecule has 1 N–H and O–H groups in total. The first-order valence-electron chi connectivity index (χ1n) is 3.29. The molecule has 0 fully saturated rings. The molecule has 0 aliphatic carbocycles. The molecule has 0 unspecified atom stereocenters. The van der Waals surface area contributed by atoms with Crippen LogP contribution in [0.2, 0.25) is 0 Å². The summed E-state index contributed by atoms with van der Waals surface area (Å²) in [4.78, 5) is 10.0. The Morgan fingerprint density at radius 2 is 2.09 bits per heavy atom. The topological polar surface area (TPSA) is 42.2 Å². The molecule has 11 heavy (non-hydrogen) atoms. The number of allylic oxidation sites excluding steroid dienone is 1. The molecule has 0 radical (unpaired) electrons. The summed E-state index contributed by atoms with van der Waals surface area (Å²) < 4.78 is 1.89. The van der Waals surface area contributed by atoms with Gasteiger partial charge in [0.15, 0.2) is 0 Å². The molecule has 3 nitrogen and oxygen atoms in total. The smallest absolute Gasteiger partial charge is 0.328 e. The van der Waals surface area contributed by atoms with Crippen molar-refractivity contribution >= 4 is 5.97 Å². The Hall–Kier alpha value is -1.51. The number of aliphatic carboxylic acids is 1. The monoisotopic (exact) mass is 151 g/mol. The van der Waals surface area contributed by atoms with Crippen molar-refractivity contribution in [2.24, 2.45) is 0 Å². The summed E-state index contributed by atoms with van der Waals surface area (Å²) >= 11 is 0. The molecule has 1 aromatic heterocycles. The van der Waals surface area contributed by atoms with Crippen LogP contribution in [0.1, 0.15) is 0 Å². The van der Waals surface area contributed by atoms with E-state index in [9.17, 15) is 4.79 Å². The number of hydrogen-bond acceptors (Lipinski definition) is 1. The summed E-state index contributed by atoms with van der Waals surface area (Å²) in [5, 5.41) is 8.25. The number of carbonyl (C=O) groups is 1. The van der Waals surface area contributed by atoms with Crippen molar-refractivity contribution in [1.29, 1.82) is 0 Å². The van der Waals surface area contributed by atoms with Crippen molar-refractivity contribution in [3.8, 4) is 0 Å². The third-order valence-corrected chi connectivity index (χ3v) is 1.24. The predicted octanol–water partition coefficient (Wildman–Crippen LogP) is 1.13. The van der Waals surface area contributed by atoms with Crippen LogP contribution in [0.5, 0.6) is 0 Å². The Morgan fingerprint density at radius 1 is 1.45 bits per heavy atom. The lowest BCUT2D eigenvalue weighted by molar-refractivity contribution is -0.131. The van der Waals surface area contributed by atoms with E-state index in [1.165, 1.54) is 0 Å². The lowest BCUT2D eigenvalue weighted by Gasteiger charge is -1.93. The van der Waals surface area contributed by atoms with Gasteiger partial charge in [0, 0.05) is 25.0 Å². The number of rotatable bonds is 3. The summed E-state index contributed by atoms with van der Waals surface area (Å²) in [6.45, 7) is 0.610. The third-order valence-electron chi connectivity index (χ3n) is 1.24. The van der Waals surface area contributed by atoms with E-state index >= 15 is 0 Å². The molecule has 3 heteroatoms. The van der Waals surface area contributed by atoms with Crippen molar-refractivity contribution in [3.05, 3.63) is 36.7 Å². The molecule has 1 rings (SSSR count). The Bertz CT molecular complexity index is 249. The second kappa shape index (κ2) is 3.61. The van der Waals surface area contributed by atoms with E-state index in [0.29, 0.717) is 6.54 Å². The molecule has 0 bridgehead atoms. The van der Waals surface area contributed by atoms with E-state index in [0.717, 1.165) is 6.08 Å². The van der Waals surface area contributed by atoms with Crippen molar-refractivity contribution in [1.82, 2.24) is 4.57 Å². The van der Waals surface area contributed by atoms with Gasteiger partial charge in [-0.25, -0.2) is 4.79 Å². The summed E-state index contributed by atoms with van der Waals surface area (Å²) in [6.07, 6.45) is 6.50.